The van der Waals surface area contributed by atoms with Crippen LogP contribution in [0.15, 0.2) is 24.3 Å². The summed E-state index contributed by atoms with van der Waals surface area (Å²) in [6.07, 6.45) is -5.63. The third kappa shape index (κ3) is 3.68. The number of amides is 1. The number of nitrogens with one attached hydrogen (secondary N) is 2. The average molecular weight is 373 g/mol. The van der Waals surface area contributed by atoms with Gasteiger partial charge in [-0.05, 0) is 18.2 Å². The molecule has 11 heteroatoms. The molecule has 3 rings (SSSR count). The van der Waals surface area contributed by atoms with Gasteiger partial charge in [0.05, 0.1) is 11.8 Å². The van der Waals surface area contributed by atoms with Gasteiger partial charge in [-0.2, -0.15) is 13.2 Å². The quantitative estimate of drug-likeness (QED) is 0.688. The molecule has 1 fully saturated rings. The molecule has 7 nitrogen and oxygen atoms in total. The SMILES string of the molecule is O=C(NCC1CNCC1O)c1nnn(-c2cccc(F)c2)c1C(F)(F)F. The van der Waals surface area contributed by atoms with Crippen molar-refractivity contribution in [3.8, 4) is 5.69 Å². The lowest BCUT2D eigenvalue weighted by atomic mass is 10.1. The van der Waals surface area contributed by atoms with Crippen LogP contribution in [0.1, 0.15) is 16.2 Å². The van der Waals surface area contributed by atoms with E-state index in [9.17, 15) is 27.5 Å². The van der Waals surface area contributed by atoms with Crippen molar-refractivity contribution < 1.29 is 27.5 Å². The van der Waals surface area contributed by atoms with Gasteiger partial charge in [0.1, 0.15) is 5.82 Å². The Hall–Kier alpha value is -2.53. The first-order chi connectivity index (χ1) is 12.3. The Labute approximate surface area is 145 Å². The predicted molar refractivity (Wildman–Crippen MR) is 81.0 cm³/mol. The summed E-state index contributed by atoms with van der Waals surface area (Å²) >= 11 is 0. The molecule has 3 N–H and O–H groups in total. The molecular formula is C15H15F4N5O2. The fourth-order valence-electron chi connectivity index (χ4n) is 2.71. The molecule has 2 atom stereocenters. The number of nitrogens with zero attached hydrogens (tertiary/aromatic N) is 3. The molecule has 2 unspecified atom stereocenters. The first-order valence-electron chi connectivity index (χ1n) is 7.73. The van der Waals surface area contributed by atoms with Crippen molar-refractivity contribution in [1.82, 2.24) is 25.6 Å². The Morgan fingerprint density at radius 3 is 2.77 bits per heavy atom. The number of hydrogen-bond donors (Lipinski definition) is 3. The fourth-order valence-corrected chi connectivity index (χ4v) is 2.71. The summed E-state index contributed by atoms with van der Waals surface area (Å²) in [4.78, 5) is 12.2. The second-order valence-corrected chi connectivity index (χ2v) is 5.87. The molecule has 0 spiro atoms. The number of β-amino-alcohol motifs (C(OH)–C–C–N with tert-alkyl or cyclic N) is 1. The van der Waals surface area contributed by atoms with Gasteiger partial charge in [-0.3, -0.25) is 4.79 Å². The van der Waals surface area contributed by atoms with Crippen molar-refractivity contribution in [2.45, 2.75) is 12.3 Å². The summed E-state index contributed by atoms with van der Waals surface area (Å²) in [6, 6.07) is 4.37. The minimum absolute atomic E-state index is 0.0167. The topological polar surface area (TPSA) is 92.1 Å². The number of carbonyl (C=O) groups excluding carboxylic acids is 1. The van der Waals surface area contributed by atoms with Crippen LogP contribution in [0.2, 0.25) is 0 Å². The van der Waals surface area contributed by atoms with Gasteiger partial charge in [-0.25, -0.2) is 9.07 Å². The highest BCUT2D eigenvalue weighted by Gasteiger charge is 2.42. The number of aromatic nitrogens is 3. The lowest BCUT2D eigenvalue weighted by Gasteiger charge is -2.14. The minimum Gasteiger partial charge on any atom is -0.391 e. The van der Waals surface area contributed by atoms with Crippen molar-refractivity contribution in [3.63, 3.8) is 0 Å². The summed E-state index contributed by atoms with van der Waals surface area (Å²) in [5.41, 5.74) is -2.52. The van der Waals surface area contributed by atoms with Gasteiger partial charge >= 0.3 is 6.18 Å². The molecule has 1 aromatic carbocycles. The molecule has 2 aromatic rings. The van der Waals surface area contributed by atoms with Crippen molar-refractivity contribution in [2.75, 3.05) is 19.6 Å². The molecule has 1 amide bonds. The van der Waals surface area contributed by atoms with Crippen LogP contribution < -0.4 is 10.6 Å². The Bertz CT molecular complexity index is 808. The number of halogens is 4. The Balaban J connectivity index is 1.88. The first-order valence-corrected chi connectivity index (χ1v) is 7.73. The van der Waals surface area contributed by atoms with E-state index < -0.39 is 35.4 Å². The van der Waals surface area contributed by atoms with Gasteiger partial charge in [-0.15, -0.1) is 5.10 Å². The van der Waals surface area contributed by atoms with Crippen LogP contribution in [0.5, 0.6) is 0 Å². The van der Waals surface area contributed by atoms with E-state index in [0.29, 0.717) is 17.8 Å². The molecule has 2 heterocycles. The standard InChI is InChI=1S/C15H15F4N5O2/c16-9-2-1-3-10(4-9)24-13(15(17,18)19)12(22-23-24)14(26)21-6-8-5-20-7-11(8)25/h1-4,8,11,20,25H,5-7H2,(H,21,26). The van der Waals surface area contributed by atoms with Gasteiger partial charge in [0.25, 0.3) is 5.91 Å². The van der Waals surface area contributed by atoms with Crippen LogP contribution >= 0.6 is 0 Å². The highest BCUT2D eigenvalue weighted by Crippen LogP contribution is 2.32. The monoisotopic (exact) mass is 373 g/mol. The van der Waals surface area contributed by atoms with Crippen molar-refractivity contribution in [3.05, 3.63) is 41.5 Å². The maximum absolute atomic E-state index is 13.5. The molecule has 1 aliphatic heterocycles. The van der Waals surface area contributed by atoms with E-state index in [-0.39, 0.29) is 18.2 Å². The summed E-state index contributed by atoms with van der Waals surface area (Å²) in [7, 11) is 0. The Kier molecular flexibility index (Phi) is 4.92. The van der Waals surface area contributed by atoms with E-state index in [1.54, 1.807) is 0 Å². The van der Waals surface area contributed by atoms with E-state index >= 15 is 0 Å². The van der Waals surface area contributed by atoms with Crippen molar-refractivity contribution >= 4 is 5.91 Å². The first kappa shape index (κ1) is 18.3. The van der Waals surface area contributed by atoms with Gasteiger partial charge in [0.15, 0.2) is 11.4 Å². The molecule has 26 heavy (non-hydrogen) atoms. The van der Waals surface area contributed by atoms with Gasteiger partial charge in [0.2, 0.25) is 0 Å². The smallest absolute Gasteiger partial charge is 0.391 e. The zero-order valence-corrected chi connectivity index (χ0v) is 13.3. The van der Waals surface area contributed by atoms with E-state index in [0.717, 1.165) is 12.1 Å². The number of hydrogen-bond acceptors (Lipinski definition) is 5. The van der Waals surface area contributed by atoms with Crippen LogP contribution in [0, 0.1) is 11.7 Å². The normalized spacial score (nSPS) is 20.3. The third-order valence-corrected chi connectivity index (χ3v) is 4.04. The molecule has 140 valence electrons. The number of alkyl halides is 3. The lowest BCUT2D eigenvalue weighted by Crippen LogP contribution is -2.35. The maximum atomic E-state index is 13.5. The highest BCUT2D eigenvalue weighted by atomic mass is 19.4. The van der Waals surface area contributed by atoms with Crippen LogP contribution in [0.3, 0.4) is 0 Å². The summed E-state index contributed by atoms with van der Waals surface area (Å²) < 4.78 is 54.1. The number of aliphatic hydroxyl groups is 1. The number of benzene rings is 1. The molecule has 1 aromatic heterocycles. The van der Waals surface area contributed by atoms with Gasteiger partial charge < -0.3 is 15.7 Å². The number of aliphatic hydroxyl groups excluding tert-OH is 1. The molecule has 0 aliphatic carbocycles. The minimum atomic E-state index is -4.93. The van der Waals surface area contributed by atoms with E-state index in [4.69, 9.17) is 0 Å². The largest absolute Gasteiger partial charge is 0.435 e. The molecule has 0 radical (unpaired) electrons. The predicted octanol–water partition coefficient (Wildman–Crippen LogP) is 0.735. The van der Waals surface area contributed by atoms with Crippen LogP contribution in [-0.2, 0) is 6.18 Å². The Morgan fingerprint density at radius 1 is 1.38 bits per heavy atom. The van der Waals surface area contributed by atoms with Crippen LogP contribution in [-0.4, -0.2) is 51.7 Å². The summed E-state index contributed by atoms with van der Waals surface area (Å²) in [6.45, 7) is 0.769. The molecule has 0 saturated carbocycles. The second-order valence-electron chi connectivity index (χ2n) is 5.87. The molecule has 1 aliphatic rings. The zero-order valence-electron chi connectivity index (χ0n) is 13.3. The Morgan fingerprint density at radius 2 is 2.15 bits per heavy atom. The lowest BCUT2D eigenvalue weighted by molar-refractivity contribution is -0.143. The van der Waals surface area contributed by atoms with Crippen molar-refractivity contribution in [2.24, 2.45) is 5.92 Å². The van der Waals surface area contributed by atoms with E-state index in [2.05, 4.69) is 20.9 Å². The highest BCUT2D eigenvalue weighted by molar-refractivity contribution is 5.93. The zero-order chi connectivity index (χ0) is 18.9. The molecular weight excluding hydrogens is 358 g/mol. The summed E-state index contributed by atoms with van der Waals surface area (Å²) in [5, 5.41) is 21.6. The number of carbonyl (C=O) groups is 1. The van der Waals surface area contributed by atoms with Crippen molar-refractivity contribution in [1.29, 1.82) is 0 Å². The number of rotatable bonds is 4. The van der Waals surface area contributed by atoms with Crippen LogP contribution in [0.4, 0.5) is 17.6 Å². The third-order valence-electron chi connectivity index (χ3n) is 4.04. The summed E-state index contributed by atoms with van der Waals surface area (Å²) in [5.74, 6) is -2.13. The fraction of sp³-hybridized carbons (Fsp3) is 0.400. The molecule has 0 bridgehead atoms. The van der Waals surface area contributed by atoms with E-state index in [1.165, 1.54) is 12.1 Å². The molecule has 1 saturated heterocycles. The van der Waals surface area contributed by atoms with Gasteiger partial charge in [0, 0.05) is 25.6 Å². The maximum Gasteiger partial charge on any atom is 0.435 e. The average Bonchev–Trinajstić information content (AvgIpc) is 3.18. The van der Waals surface area contributed by atoms with Crippen LogP contribution in [0.25, 0.3) is 5.69 Å². The van der Waals surface area contributed by atoms with Gasteiger partial charge in [-0.1, -0.05) is 11.3 Å². The second kappa shape index (κ2) is 7.00. The van der Waals surface area contributed by atoms with E-state index in [1.807, 2.05) is 0 Å².